The lowest BCUT2D eigenvalue weighted by atomic mass is 10.0. The fourth-order valence-electron chi connectivity index (χ4n) is 7.16. The van der Waals surface area contributed by atoms with Gasteiger partial charge in [-0.25, -0.2) is 0 Å². The third kappa shape index (κ3) is 39.9. The average Bonchev–Trinajstić information content (AvgIpc) is 3.13. The molecule has 0 fully saturated rings. The van der Waals surface area contributed by atoms with Crippen LogP contribution in [0.15, 0.2) is 24.3 Å². The van der Waals surface area contributed by atoms with Gasteiger partial charge in [-0.05, 0) is 44.9 Å². The van der Waals surface area contributed by atoms with E-state index in [0.29, 0.717) is 12.8 Å². The second-order valence-corrected chi connectivity index (χ2v) is 15.8. The molecule has 0 aromatic rings. The molecule has 0 heterocycles. The van der Waals surface area contributed by atoms with Crippen LogP contribution in [0.3, 0.4) is 0 Å². The smallest absolute Gasteiger partial charge is 0.220 e. The molecule has 0 rings (SSSR count). The molecule has 3 N–H and O–H groups in total. The molecule has 0 spiro atoms. The van der Waals surface area contributed by atoms with Crippen LogP contribution in [0.5, 0.6) is 0 Å². The number of unbranched alkanes of at least 4 members (excludes halogenated alkanes) is 31. The van der Waals surface area contributed by atoms with Crippen LogP contribution < -0.4 is 5.32 Å². The Balaban J connectivity index is 3.29. The molecule has 0 aromatic carbocycles. The molecule has 1 amide bonds. The van der Waals surface area contributed by atoms with Crippen molar-refractivity contribution in [2.24, 2.45) is 0 Å². The number of rotatable bonds is 42. The number of carbonyl (C=O) groups is 1. The summed E-state index contributed by atoms with van der Waals surface area (Å²) in [5.74, 6) is -0.0369. The van der Waals surface area contributed by atoms with E-state index < -0.39 is 12.1 Å². The molecule has 0 saturated heterocycles. The van der Waals surface area contributed by atoms with Gasteiger partial charge in [0.1, 0.15) is 0 Å². The zero-order valence-corrected chi connectivity index (χ0v) is 34.6. The lowest BCUT2D eigenvalue weighted by molar-refractivity contribution is -0.123. The molecular weight excluding hydrogens is 627 g/mol. The topological polar surface area (TPSA) is 69.6 Å². The van der Waals surface area contributed by atoms with Gasteiger partial charge < -0.3 is 15.5 Å². The van der Waals surface area contributed by atoms with E-state index in [-0.39, 0.29) is 12.5 Å². The van der Waals surface area contributed by atoms with E-state index >= 15 is 0 Å². The first-order chi connectivity index (χ1) is 25.2. The van der Waals surface area contributed by atoms with Crippen molar-refractivity contribution in [3.05, 3.63) is 24.3 Å². The quantitative estimate of drug-likeness (QED) is 0.0435. The predicted octanol–water partition coefficient (Wildman–Crippen LogP) is 14.4. The molecule has 0 aliphatic heterocycles. The molecule has 302 valence electrons. The van der Waals surface area contributed by atoms with Crippen LogP contribution in [0.25, 0.3) is 0 Å². The minimum Gasteiger partial charge on any atom is -0.394 e. The van der Waals surface area contributed by atoms with Crippen molar-refractivity contribution in [2.45, 2.75) is 264 Å². The number of aliphatic hydroxyl groups is 2. The number of hydrogen-bond donors (Lipinski definition) is 3. The lowest BCUT2D eigenvalue weighted by Crippen LogP contribution is -2.45. The first-order valence-corrected chi connectivity index (χ1v) is 23.0. The van der Waals surface area contributed by atoms with Gasteiger partial charge in [-0.2, -0.15) is 0 Å². The van der Waals surface area contributed by atoms with Crippen molar-refractivity contribution in [1.82, 2.24) is 5.32 Å². The fourth-order valence-corrected chi connectivity index (χ4v) is 7.16. The Bertz CT molecular complexity index is 735. The van der Waals surface area contributed by atoms with Crippen molar-refractivity contribution >= 4 is 5.91 Å². The molecule has 2 atom stereocenters. The normalized spacial score (nSPS) is 13.1. The van der Waals surface area contributed by atoms with Crippen LogP contribution in [0.2, 0.25) is 0 Å². The Morgan fingerprint density at radius 3 is 1.18 bits per heavy atom. The molecule has 0 saturated carbocycles. The van der Waals surface area contributed by atoms with Gasteiger partial charge >= 0.3 is 0 Å². The SMILES string of the molecule is CCCCCCC/C=C\C/C=C\CCCCCCCCCCCCCCCCCCCCCCCCCC(=O)NC(CO)C(O)CCCCCC. The number of amides is 1. The molecule has 0 aliphatic carbocycles. The van der Waals surface area contributed by atoms with E-state index in [1.54, 1.807) is 0 Å². The third-order valence-electron chi connectivity index (χ3n) is 10.7. The minimum absolute atomic E-state index is 0.0369. The van der Waals surface area contributed by atoms with Crippen molar-refractivity contribution in [1.29, 1.82) is 0 Å². The molecule has 2 unspecified atom stereocenters. The number of carbonyl (C=O) groups excluding carboxylic acids is 1. The van der Waals surface area contributed by atoms with Gasteiger partial charge in [0, 0.05) is 6.42 Å². The van der Waals surface area contributed by atoms with Crippen molar-refractivity contribution in [2.75, 3.05) is 6.61 Å². The van der Waals surface area contributed by atoms with Crippen molar-refractivity contribution in [3.63, 3.8) is 0 Å². The van der Waals surface area contributed by atoms with E-state index in [4.69, 9.17) is 0 Å². The zero-order valence-electron chi connectivity index (χ0n) is 34.6. The summed E-state index contributed by atoms with van der Waals surface area (Å²) in [6, 6.07) is -0.528. The first kappa shape index (κ1) is 49.9. The number of allylic oxidation sites excluding steroid dienone is 4. The summed E-state index contributed by atoms with van der Waals surface area (Å²) < 4.78 is 0. The van der Waals surface area contributed by atoms with E-state index in [1.807, 2.05) is 0 Å². The largest absolute Gasteiger partial charge is 0.394 e. The summed E-state index contributed by atoms with van der Waals surface area (Å²) in [5, 5.41) is 22.7. The summed E-state index contributed by atoms with van der Waals surface area (Å²) >= 11 is 0. The Kier molecular flexibility index (Phi) is 42.3. The number of nitrogens with one attached hydrogen (secondary N) is 1. The Hall–Kier alpha value is -1.13. The summed E-state index contributed by atoms with van der Waals surface area (Å²) in [5.41, 5.74) is 0. The minimum atomic E-state index is -0.651. The molecule has 4 heteroatoms. The van der Waals surface area contributed by atoms with Gasteiger partial charge in [-0.15, -0.1) is 0 Å². The predicted molar refractivity (Wildman–Crippen MR) is 225 cm³/mol. The van der Waals surface area contributed by atoms with Crippen LogP contribution in [-0.2, 0) is 4.79 Å². The van der Waals surface area contributed by atoms with Crippen LogP contribution in [-0.4, -0.2) is 34.9 Å². The molecule has 51 heavy (non-hydrogen) atoms. The molecule has 0 radical (unpaired) electrons. The summed E-state index contributed by atoms with van der Waals surface area (Å²) in [6.45, 7) is 4.25. The maximum atomic E-state index is 12.2. The monoisotopic (exact) mass is 718 g/mol. The molecule has 0 aliphatic rings. The second-order valence-electron chi connectivity index (χ2n) is 15.8. The second kappa shape index (κ2) is 43.3. The van der Waals surface area contributed by atoms with Gasteiger partial charge in [-0.1, -0.05) is 224 Å². The van der Waals surface area contributed by atoms with Crippen molar-refractivity contribution in [3.8, 4) is 0 Å². The maximum absolute atomic E-state index is 12.2. The molecular formula is C47H91NO3. The van der Waals surface area contributed by atoms with E-state index in [2.05, 4.69) is 43.5 Å². The number of hydrogen-bond acceptors (Lipinski definition) is 3. The number of aliphatic hydroxyl groups excluding tert-OH is 2. The van der Waals surface area contributed by atoms with E-state index in [1.165, 1.54) is 186 Å². The summed E-state index contributed by atoms with van der Waals surface area (Å²) in [6.07, 6.45) is 56.2. The van der Waals surface area contributed by atoms with Crippen LogP contribution in [0.1, 0.15) is 251 Å². The van der Waals surface area contributed by atoms with Crippen molar-refractivity contribution < 1.29 is 15.0 Å². The van der Waals surface area contributed by atoms with Crippen LogP contribution in [0, 0.1) is 0 Å². The standard InChI is InChI=1S/C47H91NO3/c1-3-5-7-9-10-11-12-13-14-15-16-17-18-19-20-21-22-23-24-25-26-27-28-29-30-31-32-33-34-35-36-37-38-39-41-43-47(51)48-45(44-49)46(50)42-40-8-6-4-2/h12-13,15-16,45-46,49-50H,3-11,14,17-44H2,1-2H3,(H,48,51)/b13-12-,16-15-. The van der Waals surface area contributed by atoms with E-state index in [9.17, 15) is 15.0 Å². The molecule has 0 bridgehead atoms. The summed E-state index contributed by atoms with van der Waals surface area (Å²) in [4.78, 5) is 12.2. The average molecular weight is 718 g/mol. The summed E-state index contributed by atoms with van der Waals surface area (Å²) in [7, 11) is 0. The lowest BCUT2D eigenvalue weighted by Gasteiger charge is -2.22. The first-order valence-electron chi connectivity index (χ1n) is 23.0. The van der Waals surface area contributed by atoms with Crippen LogP contribution >= 0.6 is 0 Å². The Labute approximate surface area is 319 Å². The van der Waals surface area contributed by atoms with Gasteiger partial charge in [-0.3, -0.25) is 4.79 Å². The van der Waals surface area contributed by atoms with Gasteiger partial charge in [0.05, 0.1) is 18.8 Å². The van der Waals surface area contributed by atoms with Crippen LogP contribution in [0.4, 0.5) is 0 Å². The fraction of sp³-hybridized carbons (Fsp3) is 0.894. The third-order valence-corrected chi connectivity index (χ3v) is 10.7. The Morgan fingerprint density at radius 1 is 0.471 bits per heavy atom. The highest BCUT2D eigenvalue weighted by Gasteiger charge is 2.19. The van der Waals surface area contributed by atoms with E-state index in [0.717, 1.165) is 38.5 Å². The Morgan fingerprint density at radius 2 is 0.804 bits per heavy atom. The highest BCUT2D eigenvalue weighted by Crippen LogP contribution is 2.16. The highest BCUT2D eigenvalue weighted by atomic mass is 16.3. The maximum Gasteiger partial charge on any atom is 0.220 e. The highest BCUT2D eigenvalue weighted by molar-refractivity contribution is 5.76. The zero-order chi connectivity index (χ0) is 37.1. The molecule has 0 aromatic heterocycles. The van der Waals surface area contributed by atoms with Gasteiger partial charge in [0.2, 0.25) is 5.91 Å². The van der Waals surface area contributed by atoms with Gasteiger partial charge in [0.25, 0.3) is 0 Å². The molecule has 4 nitrogen and oxygen atoms in total. The van der Waals surface area contributed by atoms with Gasteiger partial charge in [0.15, 0.2) is 0 Å².